The van der Waals surface area contributed by atoms with Crippen LogP contribution in [0.3, 0.4) is 0 Å². The number of pyridine rings is 1. The van der Waals surface area contributed by atoms with Gasteiger partial charge in [-0.15, -0.1) is 12.4 Å². The van der Waals surface area contributed by atoms with Crippen molar-refractivity contribution in [2.24, 2.45) is 11.7 Å². The van der Waals surface area contributed by atoms with Crippen LogP contribution in [-0.4, -0.2) is 18.1 Å². The summed E-state index contributed by atoms with van der Waals surface area (Å²) in [6, 6.07) is 5.81. The van der Waals surface area contributed by atoms with E-state index in [4.69, 9.17) is 5.73 Å². The Morgan fingerprint density at radius 2 is 2.31 bits per heavy atom. The second-order valence-corrected chi connectivity index (χ2v) is 2.94. The summed E-state index contributed by atoms with van der Waals surface area (Å²) in [5.41, 5.74) is 5.48. The molecule has 1 heterocycles. The molecular weight excluding hydrogens is 186 g/mol. The van der Waals surface area contributed by atoms with Gasteiger partial charge >= 0.3 is 0 Å². The maximum absolute atomic E-state index is 5.48. The normalized spacial score (nSPS) is 11.5. The SMILES string of the molecule is CC(CN)CNc1ccccn1.Cl. The maximum atomic E-state index is 5.48. The molecule has 1 unspecified atom stereocenters. The molecule has 74 valence electrons. The maximum Gasteiger partial charge on any atom is 0.125 e. The predicted molar refractivity (Wildman–Crippen MR) is 58.2 cm³/mol. The molecule has 0 aromatic carbocycles. The summed E-state index contributed by atoms with van der Waals surface area (Å²) >= 11 is 0. The monoisotopic (exact) mass is 201 g/mol. The Kier molecular flexibility index (Phi) is 6.28. The third kappa shape index (κ3) is 4.70. The molecule has 13 heavy (non-hydrogen) atoms. The van der Waals surface area contributed by atoms with Crippen molar-refractivity contribution in [1.29, 1.82) is 0 Å². The number of hydrogen-bond acceptors (Lipinski definition) is 3. The second-order valence-electron chi connectivity index (χ2n) is 2.94. The fraction of sp³-hybridized carbons (Fsp3) is 0.444. The quantitative estimate of drug-likeness (QED) is 0.777. The topological polar surface area (TPSA) is 50.9 Å². The van der Waals surface area contributed by atoms with Crippen molar-refractivity contribution >= 4 is 18.2 Å². The average Bonchev–Trinajstić information content (AvgIpc) is 2.16. The van der Waals surface area contributed by atoms with Gasteiger partial charge in [0, 0.05) is 12.7 Å². The first kappa shape index (κ1) is 12.2. The number of hydrogen-bond donors (Lipinski definition) is 2. The van der Waals surface area contributed by atoms with Crippen molar-refractivity contribution in [2.75, 3.05) is 18.4 Å². The zero-order valence-electron chi connectivity index (χ0n) is 7.73. The second kappa shape index (κ2) is 6.69. The highest BCUT2D eigenvalue weighted by Gasteiger charge is 1.97. The van der Waals surface area contributed by atoms with E-state index in [9.17, 15) is 0 Å². The fourth-order valence-electron chi connectivity index (χ4n) is 0.829. The molecule has 1 rings (SSSR count). The predicted octanol–water partition coefficient (Wildman–Crippen LogP) is 1.51. The lowest BCUT2D eigenvalue weighted by Gasteiger charge is -2.09. The van der Waals surface area contributed by atoms with E-state index in [2.05, 4.69) is 17.2 Å². The average molecular weight is 202 g/mol. The van der Waals surface area contributed by atoms with Gasteiger partial charge in [-0.3, -0.25) is 0 Å². The van der Waals surface area contributed by atoms with Crippen LogP contribution in [0.25, 0.3) is 0 Å². The lowest BCUT2D eigenvalue weighted by molar-refractivity contribution is 0.627. The van der Waals surface area contributed by atoms with E-state index in [0.29, 0.717) is 12.5 Å². The number of rotatable bonds is 4. The van der Waals surface area contributed by atoms with E-state index in [-0.39, 0.29) is 12.4 Å². The highest BCUT2D eigenvalue weighted by Crippen LogP contribution is 2.00. The lowest BCUT2D eigenvalue weighted by atomic mass is 10.2. The van der Waals surface area contributed by atoms with Crippen molar-refractivity contribution in [2.45, 2.75) is 6.92 Å². The molecule has 0 radical (unpaired) electrons. The Morgan fingerprint density at radius 1 is 1.54 bits per heavy atom. The van der Waals surface area contributed by atoms with Crippen molar-refractivity contribution in [3.8, 4) is 0 Å². The standard InChI is InChI=1S/C9H15N3.ClH/c1-8(6-10)7-12-9-4-2-3-5-11-9;/h2-5,8H,6-7,10H2,1H3,(H,11,12);1H. The molecule has 3 N–H and O–H groups in total. The van der Waals surface area contributed by atoms with Gasteiger partial charge in [-0.2, -0.15) is 0 Å². The Labute approximate surface area is 85.2 Å². The number of halogens is 1. The Hall–Kier alpha value is -0.800. The molecule has 0 aliphatic carbocycles. The number of nitrogens with zero attached hydrogens (tertiary/aromatic N) is 1. The van der Waals surface area contributed by atoms with Crippen LogP contribution in [0.4, 0.5) is 5.82 Å². The van der Waals surface area contributed by atoms with Crippen LogP contribution in [-0.2, 0) is 0 Å². The van der Waals surface area contributed by atoms with Crippen LogP contribution < -0.4 is 11.1 Å². The molecule has 0 saturated heterocycles. The zero-order chi connectivity index (χ0) is 8.81. The smallest absolute Gasteiger partial charge is 0.125 e. The van der Waals surface area contributed by atoms with Crippen molar-refractivity contribution in [1.82, 2.24) is 4.98 Å². The molecule has 0 aliphatic heterocycles. The van der Waals surface area contributed by atoms with E-state index in [1.165, 1.54) is 0 Å². The van der Waals surface area contributed by atoms with Crippen LogP contribution in [0, 0.1) is 5.92 Å². The van der Waals surface area contributed by atoms with Gasteiger partial charge in [0.25, 0.3) is 0 Å². The number of anilines is 1. The fourth-order valence-corrected chi connectivity index (χ4v) is 0.829. The minimum absolute atomic E-state index is 0. The molecular formula is C9H16ClN3. The van der Waals surface area contributed by atoms with Crippen LogP contribution >= 0.6 is 12.4 Å². The molecule has 0 saturated carbocycles. The van der Waals surface area contributed by atoms with E-state index in [1.807, 2.05) is 18.2 Å². The van der Waals surface area contributed by atoms with Gasteiger partial charge in [0.1, 0.15) is 5.82 Å². The Balaban J connectivity index is 0.00000144. The van der Waals surface area contributed by atoms with E-state index < -0.39 is 0 Å². The van der Waals surface area contributed by atoms with Crippen LogP contribution in [0.1, 0.15) is 6.92 Å². The molecule has 0 fully saturated rings. The van der Waals surface area contributed by atoms with E-state index in [1.54, 1.807) is 6.20 Å². The molecule has 4 heteroatoms. The molecule has 0 spiro atoms. The highest BCUT2D eigenvalue weighted by molar-refractivity contribution is 5.85. The van der Waals surface area contributed by atoms with Crippen LogP contribution in [0.15, 0.2) is 24.4 Å². The molecule has 0 bridgehead atoms. The van der Waals surface area contributed by atoms with E-state index >= 15 is 0 Å². The summed E-state index contributed by atoms with van der Waals surface area (Å²) in [4.78, 5) is 4.13. The minimum atomic E-state index is 0. The van der Waals surface area contributed by atoms with Gasteiger partial charge in [-0.1, -0.05) is 13.0 Å². The third-order valence-corrected chi connectivity index (χ3v) is 1.70. The minimum Gasteiger partial charge on any atom is -0.370 e. The van der Waals surface area contributed by atoms with Crippen molar-refractivity contribution < 1.29 is 0 Å². The third-order valence-electron chi connectivity index (χ3n) is 1.70. The summed E-state index contributed by atoms with van der Waals surface area (Å²) in [5, 5.41) is 3.20. The van der Waals surface area contributed by atoms with E-state index in [0.717, 1.165) is 12.4 Å². The summed E-state index contributed by atoms with van der Waals surface area (Å²) in [7, 11) is 0. The largest absolute Gasteiger partial charge is 0.370 e. The highest BCUT2D eigenvalue weighted by atomic mass is 35.5. The lowest BCUT2D eigenvalue weighted by Crippen LogP contribution is -2.20. The first-order valence-corrected chi connectivity index (χ1v) is 4.18. The van der Waals surface area contributed by atoms with Gasteiger partial charge in [0.05, 0.1) is 0 Å². The van der Waals surface area contributed by atoms with Crippen molar-refractivity contribution in [3.05, 3.63) is 24.4 Å². The van der Waals surface area contributed by atoms with Gasteiger partial charge in [0.15, 0.2) is 0 Å². The summed E-state index contributed by atoms with van der Waals surface area (Å²) in [6.07, 6.45) is 1.77. The number of aromatic nitrogens is 1. The molecule has 3 nitrogen and oxygen atoms in total. The molecule has 1 atom stereocenters. The zero-order valence-corrected chi connectivity index (χ0v) is 8.55. The number of nitrogens with one attached hydrogen (secondary N) is 1. The summed E-state index contributed by atoms with van der Waals surface area (Å²) in [6.45, 7) is 3.70. The summed E-state index contributed by atoms with van der Waals surface area (Å²) < 4.78 is 0. The van der Waals surface area contributed by atoms with Crippen LogP contribution in [0.2, 0.25) is 0 Å². The van der Waals surface area contributed by atoms with Gasteiger partial charge in [-0.05, 0) is 24.6 Å². The van der Waals surface area contributed by atoms with Gasteiger partial charge in [-0.25, -0.2) is 4.98 Å². The van der Waals surface area contributed by atoms with Gasteiger partial charge < -0.3 is 11.1 Å². The van der Waals surface area contributed by atoms with Gasteiger partial charge in [0.2, 0.25) is 0 Å². The Bertz CT molecular complexity index is 215. The first-order chi connectivity index (χ1) is 5.83. The molecule has 1 aromatic rings. The number of nitrogens with two attached hydrogens (primary N) is 1. The molecule has 0 amide bonds. The molecule has 1 aromatic heterocycles. The van der Waals surface area contributed by atoms with Crippen LogP contribution in [0.5, 0.6) is 0 Å². The van der Waals surface area contributed by atoms with Crippen molar-refractivity contribution in [3.63, 3.8) is 0 Å². The summed E-state index contributed by atoms with van der Waals surface area (Å²) in [5.74, 6) is 1.41. The first-order valence-electron chi connectivity index (χ1n) is 4.18. The Morgan fingerprint density at radius 3 is 2.85 bits per heavy atom. The molecule has 0 aliphatic rings.